The van der Waals surface area contributed by atoms with Crippen molar-refractivity contribution in [2.24, 2.45) is 0 Å². The summed E-state index contributed by atoms with van der Waals surface area (Å²) in [4.78, 5) is 10.1. The van der Waals surface area contributed by atoms with Crippen molar-refractivity contribution in [3.8, 4) is 5.75 Å². The molecule has 0 fully saturated rings. The number of halogens is 4. The molecule has 0 spiro atoms. The van der Waals surface area contributed by atoms with E-state index in [2.05, 4.69) is 0 Å². The van der Waals surface area contributed by atoms with Crippen LogP contribution < -0.4 is 0 Å². The van der Waals surface area contributed by atoms with E-state index in [1.165, 1.54) is 0 Å². The Bertz CT molecular complexity index is 401. The number of benzene rings is 1. The Kier molecular flexibility index (Phi) is 2.83. The zero-order chi connectivity index (χ0) is 11.7. The summed E-state index contributed by atoms with van der Waals surface area (Å²) in [5, 5.41) is 16.8. The summed E-state index contributed by atoms with van der Waals surface area (Å²) in [6.07, 6.45) is -1.22. The number of carboxylic acids is 1. The van der Waals surface area contributed by atoms with Gasteiger partial charge in [-0.2, -0.15) is 8.78 Å². The monoisotopic (exact) mass is 224 g/mol. The molecule has 82 valence electrons. The first-order valence-corrected chi connectivity index (χ1v) is 3.61. The van der Waals surface area contributed by atoms with E-state index in [9.17, 15) is 22.4 Å². The van der Waals surface area contributed by atoms with Gasteiger partial charge in [0.25, 0.3) is 0 Å². The zero-order valence-electron chi connectivity index (χ0n) is 7.02. The van der Waals surface area contributed by atoms with Gasteiger partial charge in [-0.15, -0.1) is 0 Å². The summed E-state index contributed by atoms with van der Waals surface area (Å²) in [5.41, 5.74) is -1.27. The summed E-state index contributed by atoms with van der Waals surface area (Å²) in [5.74, 6) is -11.3. The molecule has 0 saturated heterocycles. The number of phenolic OH excluding ortho intramolecular Hbond substituents is 1. The Balaban J connectivity index is 3.45. The lowest BCUT2D eigenvalue weighted by molar-refractivity contribution is -0.136. The number of phenols is 1. The molecule has 1 aromatic carbocycles. The second-order valence-corrected chi connectivity index (χ2v) is 2.65. The number of carboxylic acid groups (broad SMARTS) is 1. The van der Waals surface area contributed by atoms with Crippen molar-refractivity contribution in [3.63, 3.8) is 0 Å². The average Bonchev–Trinajstić information content (AvgIpc) is 2.18. The Labute approximate surface area is 80.6 Å². The molecule has 0 unspecified atom stereocenters. The highest BCUT2D eigenvalue weighted by molar-refractivity contribution is 5.70. The number of hydrogen-bond acceptors (Lipinski definition) is 2. The average molecular weight is 224 g/mol. The molecular weight excluding hydrogens is 220 g/mol. The highest BCUT2D eigenvalue weighted by atomic mass is 19.2. The van der Waals surface area contributed by atoms with E-state index in [0.29, 0.717) is 0 Å². The minimum absolute atomic E-state index is 1.22. The van der Waals surface area contributed by atoms with E-state index in [0.717, 1.165) is 0 Å². The van der Waals surface area contributed by atoms with Crippen LogP contribution in [-0.4, -0.2) is 16.2 Å². The van der Waals surface area contributed by atoms with Crippen LogP contribution in [0, 0.1) is 23.3 Å². The first-order chi connectivity index (χ1) is 6.86. The Hall–Kier alpha value is -1.79. The highest BCUT2D eigenvalue weighted by Gasteiger charge is 2.26. The second kappa shape index (κ2) is 3.76. The van der Waals surface area contributed by atoms with E-state index in [1.807, 2.05) is 0 Å². The van der Waals surface area contributed by atoms with Crippen LogP contribution in [0.4, 0.5) is 17.6 Å². The van der Waals surface area contributed by atoms with Crippen molar-refractivity contribution >= 4 is 5.97 Å². The summed E-state index contributed by atoms with van der Waals surface area (Å²) < 4.78 is 51.0. The van der Waals surface area contributed by atoms with Crippen molar-refractivity contribution < 1.29 is 32.6 Å². The third-order valence-corrected chi connectivity index (χ3v) is 1.66. The van der Waals surface area contributed by atoms with Crippen molar-refractivity contribution in [2.45, 2.75) is 6.42 Å². The van der Waals surface area contributed by atoms with Crippen molar-refractivity contribution in [3.05, 3.63) is 28.8 Å². The number of carbonyl (C=O) groups is 1. The van der Waals surface area contributed by atoms with Gasteiger partial charge in [0.2, 0.25) is 11.6 Å². The normalized spacial score (nSPS) is 10.4. The molecule has 1 aromatic rings. The van der Waals surface area contributed by atoms with Gasteiger partial charge in [-0.25, -0.2) is 8.78 Å². The van der Waals surface area contributed by atoms with Gasteiger partial charge in [0.15, 0.2) is 17.4 Å². The number of rotatable bonds is 2. The number of aliphatic carboxylic acids is 1. The molecule has 0 aromatic heterocycles. The van der Waals surface area contributed by atoms with Gasteiger partial charge in [-0.05, 0) is 0 Å². The molecule has 0 radical (unpaired) electrons. The molecule has 0 amide bonds. The fourth-order valence-corrected chi connectivity index (χ4v) is 0.972. The van der Waals surface area contributed by atoms with Crippen LogP contribution >= 0.6 is 0 Å². The maximum Gasteiger partial charge on any atom is 0.308 e. The molecule has 0 bridgehead atoms. The third kappa shape index (κ3) is 1.85. The van der Waals surface area contributed by atoms with Gasteiger partial charge in [-0.3, -0.25) is 4.79 Å². The molecule has 0 aliphatic heterocycles. The van der Waals surface area contributed by atoms with Gasteiger partial charge in [0, 0.05) is 5.56 Å². The van der Waals surface area contributed by atoms with Gasteiger partial charge in [0.1, 0.15) is 0 Å². The molecule has 0 aliphatic carbocycles. The van der Waals surface area contributed by atoms with Gasteiger partial charge in [0.05, 0.1) is 6.42 Å². The third-order valence-electron chi connectivity index (χ3n) is 1.66. The predicted octanol–water partition coefficient (Wildman–Crippen LogP) is 1.58. The maximum absolute atomic E-state index is 12.9. The van der Waals surface area contributed by atoms with Crippen LogP contribution in [0.1, 0.15) is 5.56 Å². The molecule has 3 nitrogen and oxygen atoms in total. The van der Waals surface area contributed by atoms with Crippen LogP contribution in [0.5, 0.6) is 5.75 Å². The lowest BCUT2D eigenvalue weighted by Crippen LogP contribution is -2.09. The fraction of sp³-hybridized carbons (Fsp3) is 0.125. The molecule has 7 heteroatoms. The van der Waals surface area contributed by atoms with Crippen LogP contribution in [-0.2, 0) is 11.2 Å². The molecule has 0 heterocycles. The summed E-state index contributed by atoms with van der Waals surface area (Å²) in [6, 6.07) is 0. The molecular formula is C8H4F4O3. The van der Waals surface area contributed by atoms with Gasteiger partial charge >= 0.3 is 5.97 Å². The van der Waals surface area contributed by atoms with Crippen LogP contribution in [0.3, 0.4) is 0 Å². The van der Waals surface area contributed by atoms with E-state index in [1.54, 1.807) is 0 Å². The standard InChI is InChI=1S/C8H4F4O3/c9-4-2(1-3(13)14)5(10)7(12)8(15)6(4)11/h15H,1H2,(H,13,14). The predicted molar refractivity (Wildman–Crippen MR) is 39.3 cm³/mol. The largest absolute Gasteiger partial charge is 0.503 e. The highest BCUT2D eigenvalue weighted by Crippen LogP contribution is 2.28. The number of aromatic hydroxyl groups is 1. The SMILES string of the molecule is O=C(O)Cc1c(F)c(F)c(O)c(F)c1F. The minimum Gasteiger partial charge on any atom is -0.503 e. The quantitative estimate of drug-likeness (QED) is 0.592. The fourth-order valence-electron chi connectivity index (χ4n) is 0.972. The molecule has 2 N–H and O–H groups in total. The number of hydrogen-bond donors (Lipinski definition) is 2. The van der Waals surface area contributed by atoms with Crippen LogP contribution in [0.2, 0.25) is 0 Å². The molecule has 0 aliphatic rings. The molecule has 1 rings (SSSR count). The summed E-state index contributed by atoms with van der Waals surface area (Å²) in [7, 11) is 0. The minimum atomic E-state index is -2.01. The summed E-state index contributed by atoms with van der Waals surface area (Å²) in [6.45, 7) is 0. The van der Waals surface area contributed by atoms with E-state index < -0.39 is 47.0 Å². The Morgan fingerprint density at radius 1 is 1.00 bits per heavy atom. The smallest absolute Gasteiger partial charge is 0.308 e. The lowest BCUT2D eigenvalue weighted by atomic mass is 10.1. The van der Waals surface area contributed by atoms with Crippen LogP contribution in [0.15, 0.2) is 0 Å². The van der Waals surface area contributed by atoms with E-state index >= 15 is 0 Å². The lowest BCUT2D eigenvalue weighted by Gasteiger charge is -2.06. The molecule has 0 saturated carbocycles. The van der Waals surface area contributed by atoms with Crippen LogP contribution in [0.25, 0.3) is 0 Å². The molecule has 15 heavy (non-hydrogen) atoms. The van der Waals surface area contributed by atoms with E-state index in [-0.39, 0.29) is 0 Å². The molecule has 0 atom stereocenters. The zero-order valence-corrected chi connectivity index (χ0v) is 7.02. The van der Waals surface area contributed by atoms with E-state index in [4.69, 9.17) is 10.2 Å². The maximum atomic E-state index is 12.9. The topological polar surface area (TPSA) is 57.5 Å². The Morgan fingerprint density at radius 2 is 1.40 bits per heavy atom. The Morgan fingerprint density at radius 3 is 1.73 bits per heavy atom. The second-order valence-electron chi connectivity index (χ2n) is 2.65. The van der Waals surface area contributed by atoms with Gasteiger partial charge in [-0.1, -0.05) is 0 Å². The van der Waals surface area contributed by atoms with Crippen molar-refractivity contribution in [1.82, 2.24) is 0 Å². The first kappa shape index (κ1) is 11.3. The van der Waals surface area contributed by atoms with Crippen molar-refractivity contribution in [2.75, 3.05) is 0 Å². The van der Waals surface area contributed by atoms with Crippen molar-refractivity contribution in [1.29, 1.82) is 0 Å². The van der Waals surface area contributed by atoms with Gasteiger partial charge < -0.3 is 10.2 Å². The summed E-state index contributed by atoms with van der Waals surface area (Å²) >= 11 is 0. The first-order valence-electron chi connectivity index (χ1n) is 3.61.